The zero-order valence-corrected chi connectivity index (χ0v) is 12.8. The molecule has 0 fully saturated rings. The van der Waals surface area contributed by atoms with Crippen molar-refractivity contribution in [3.63, 3.8) is 0 Å². The molecule has 0 amide bonds. The van der Waals surface area contributed by atoms with Crippen LogP contribution in [0.25, 0.3) is 0 Å². The Morgan fingerprint density at radius 2 is 1.53 bits per heavy atom. The highest BCUT2D eigenvalue weighted by atomic mass is 16.4. The van der Waals surface area contributed by atoms with Gasteiger partial charge in [-0.15, -0.1) is 0 Å². The summed E-state index contributed by atoms with van der Waals surface area (Å²) in [6, 6.07) is 0. The molecule has 0 aliphatic heterocycles. The van der Waals surface area contributed by atoms with Crippen molar-refractivity contribution in [2.75, 3.05) is 0 Å². The fraction of sp³-hybridized carbons (Fsp3) is 0.750. The quantitative estimate of drug-likeness (QED) is 0.460. The fourth-order valence-electron chi connectivity index (χ4n) is 1.45. The van der Waals surface area contributed by atoms with Crippen molar-refractivity contribution in [2.24, 2.45) is 0 Å². The molecule has 0 aliphatic rings. The zero-order chi connectivity index (χ0) is 14.9. The number of allylic oxidation sites excluding steroid dienone is 2. The van der Waals surface area contributed by atoms with Crippen molar-refractivity contribution in [1.29, 1.82) is 0 Å². The largest absolute Gasteiger partial charge is 0.481 e. The Labute approximate surface area is 118 Å². The molecule has 3 heteroatoms. The Kier molecular flexibility index (Phi) is 17.9. The van der Waals surface area contributed by atoms with Gasteiger partial charge in [0.2, 0.25) is 0 Å². The van der Waals surface area contributed by atoms with Crippen LogP contribution in [0.5, 0.6) is 0 Å². The van der Waals surface area contributed by atoms with Gasteiger partial charge in [-0.3, -0.25) is 9.59 Å². The number of carboxylic acid groups (broad SMARTS) is 1. The third-order valence-electron chi connectivity index (χ3n) is 2.57. The highest BCUT2D eigenvalue weighted by Crippen LogP contribution is 2.04. The SMILES string of the molecule is CCCC/C=C/C(C)=O.CCCCCCCC(=O)O. The molecular formula is C16H30O3. The minimum Gasteiger partial charge on any atom is -0.481 e. The van der Waals surface area contributed by atoms with Crippen LogP contribution in [-0.2, 0) is 9.59 Å². The first kappa shape index (κ1) is 20.2. The summed E-state index contributed by atoms with van der Waals surface area (Å²) < 4.78 is 0. The van der Waals surface area contributed by atoms with Crippen LogP contribution in [0.15, 0.2) is 12.2 Å². The molecule has 0 aliphatic carbocycles. The summed E-state index contributed by atoms with van der Waals surface area (Å²) >= 11 is 0. The summed E-state index contributed by atoms with van der Waals surface area (Å²) in [4.78, 5) is 20.4. The molecule has 0 atom stereocenters. The standard InChI is InChI=1S/C8H16O2.C8H14O/c1-2-3-4-5-6-7-8(9)10;1-3-4-5-6-7-8(2)9/h2-7H2,1H3,(H,9,10);6-7H,3-5H2,1-2H3/b;7-6+. The maximum absolute atomic E-state index is 10.3. The van der Waals surface area contributed by atoms with Crippen molar-refractivity contribution < 1.29 is 14.7 Å². The molecule has 3 nitrogen and oxygen atoms in total. The van der Waals surface area contributed by atoms with Gasteiger partial charge in [0.05, 0.1) is 0 Å². The highest BCUT2D eigenvalue weighted by Gasteiger charge is 1.94. The summed E-state index contributed by atoms with van der Waals surface area (Å²) in [5.74, 6) is -0.525. The number of unbranched alkanes of at least 4 members (excludes halogenated alkanes) is 6. The number of hydrogen-bond acceptors (Lipinski definition) is 2. The summed E-state index contributed by atoms with van der Waals surface area (Å²) in [7, 11) is 0. The van der Waals surface area contributed by atoms with Crippen LogP contribution >= 0.6 is 0 Å². The molecule has 0 radical (unpaired) electrons. The van der Waals surface area contributed by atoms with Gasteiger partial charge in [0.25, 0.3) is 0 Å². The van der Waals surface area contributed by atoms with Gasteiger partial charge in [0, 0.05) is 6.42 Å². The van der Waals surface area contributed by atoms with Crippen molar-refractivity contribution in [2.45, 2.75) is 78.6 Å². The van der Waals surface area contributed by atoms with Crippen molar-refractivity contribution in [3.8, 4) is 0 Å². The van der Waals surface area contributed by atoms with E-state index in [1.165, 1.54) is 32.1 Å². The van der Waals surface area contributed by atoms with E-state index in [9.17, 15) is 9.59 Å². The van der Waals surface area contributed by atoms with Crippen LogP contribution in [0.1, 0.15) is 78.6 Å². The van der Waals surface area contributed by atoms with E-state index in [1.807, 2.05) is 6.08 Å². The van der Waals surface area contributed by atoms with Crippen molar-refractivity contribution in [1.82, 2.24) is 0 Å². The number of rotatable bonds is 10. The molecule has 112 valence electrons. The van der Waals surface area contributed by atoms with E-state index >= 15 is 0 Å². The van der Waals surface area contributed by atoms with E-state index in [4.69, 9.17) is 5.11 Å². The summed E-state index contributed by atoms with van der Waals surface area (Å²) in [6.07, 6.45) is 12.9. The van der Waals surface area contributed by atoms with Crippen molar-refractivity contribution in [3.05, 3.63) is 12.2 Å². The third kappa shape index (κ3) is 26.5. The molecule has 0 heterocycles. The predicted octanol–water partition coefficient (Wildman–Crippen LogP) is 4.75. The van der Waals surface area contributed by atoms with Gasteiger partial charge < -0.3 is 5.11 Å². The molecule has 0 unspecified atom stereocenters. The molecule has 0 aromatic heterocycles. The Bertz CT molecular complexity index is 244. The topological polar surface area (TPSA) is 54.4 Å². The monoisotopic (exact) mass is 270 g/mol. The maximum Gasteiger partial charge on any atom is 0.303 e. The molecule has 0 spiro atoms. The van der Waals surface area contributed by atoms with Gasteiger partial charge >= 0.3 is 5.97 Å². The third-order valence-corrected chi connectivity index (χ3v) is 2.57. The molecule has 0 aromatic rings. The van der Waals surface area contributed by atoms with Crippen LogP contribution in [0.3, 0.4) is 0 Å². The number of ketones is 1. The number of carbonyl (C=O) groups is 2. The van der Waals surface area contributed by atoms with Gasteiger partial charge in [-0.25, -0.2) is 0 Å². The van der Waals surface area contributed by atoms with Gasteiger partial charge in [-0.1, -0.05) is 58.4 Å². The Hall–Kier alpha value is -1.12. The summed E-state index contributed by atoms with van der Waals surface area (Å²) in [6.45, 7) is 5.86. The number of aliphatic carboxylic acids is 1. The smallest absolute Gasteiger partial charge is 0.303 e. The lowest BCUT2D eigenvalue weighted by molar-refractivity contribution is -0.137. The lowest BCUT2D eigenvalue weighted by atomic mass is 10.1. The van der Waals surface area contributed by atoms with Crippen LogP contribution in [0.2, 0.25) is 0 Å². The van der Waals surface area contributed by atoms with E-state index in [1.54, 1.807) is 13.0 Å². The molecule has 0 aromatic carbocycles. The van der Waals surface area contributed by atoms with Crippen LogP contribution in [-0.4, -0.2) is 16.9 Å². The average molecular weight is 270 g/mol. The first-order valence-electron chi connectivity index (χ1n) is 7.43. The molecule has 0 bridgehead atoms. The van der Waals surface area contributed by atoms with Crippen LogP contribution in [0, 0.1) is 0 Å². The van der Waals surface area contributed by atoms with E-state index < -0.39 is 5.97 Å². The summed E-state index contributed by atoms with van der Waals surface area (Å²) in [5, 5.41) is 8.27. The number of carboxylic acids is 1. The van der Waals surface area contributed by atoms with E-state index in [0.29, 0.717) is 6.42 Å². The number of carbonyl (C=O) groups excluding carboxylic acids is 1. The molecule has 0 saturated heterocycles. The Balaban J connectivity index is 0. The molecule has 0 saturated carbocycles. The van der Waals surface area contributed by atoms with Gasteiger partial charge in [-0.2, -0.15) is 0 Å². The lowest BCUT2D eigenvalue weighted by Gasteiger charge is -1.95. The van der Waals surface area contributed by atoms with E-state index in [0.717, 1.165) is 19.3 Å². The second kappa shape index (κ2) is 16.9. The molecule has 0 rings (SSSR count). The first-order chi connectivity index (χ1) is 9.04. The number of hydrogen-bond donors (Lipinski definition) is 1. The zero-order valence-electron chi connectivity index (χ0n) is 12.8. The minimum absolute atomic E-state index is 0.145. The minimum atomic E-state index is -0.670. The van der Waals surface area contributed by atoms with E-state index in [-0.39, 0.29) is 5.78 Å². The molecule has 19 heavy (non-hydrogen) atoms. The predicted molar refractivity (Wildman–Crippen MR) is 80.4 cm³/mol. The lowest BCUT2D eigenvalue weighted by Crippen LogP contribution is -1.93. The fourth-order valence-corrected chi connectivity index (χ4v) is 1.45. The Morgan fingerprint density at radius 1 is 0.947 bits per heavy atom. The first-order valence-corrected chi connectivity index (χ1v) is 7.43. The normalized spacial score (nSPS) is 10.1. The van der Waals surface area contributed by atoms with Gasteiger partial charge in [0.15, 0.2) is 5.78 Å². The van der Waals surface area contributed by atoms with Crippen LogP contribution in [0.4, 0.5) is 0 Å². The van der Waals surface area contributed by atoms with Crippen molar-refractivity contribution >= 4 is 11.8 Å². The van der Waals surface area contributed by atoms with Gasteiger partial charge in [0.1, 0.15) is 0 Å². The van der Waals surface area contributed by atoms with Crippen LogP contribution < -0.4 is 0 Å². The average Bonchev–Trinajstić information content (AvgIpc) is 2.35. The highest BCUT2D eigenvalue weighted by molar-refractivity contribution is 5.87. The molecular weight excluding hydrogens is 240 g/mol. The van der Waals surface area contributed by atoms with Gasteiger partial charge in [-0.05, 0) is 25.8 Å². The summed E-state index contributed by atoms with van der Waals surface area (Å²) in [5.41, 5.74) is 0. The molecule has 1 N–H and O–H groups in total. The Morgan fingerprint density at radius 3 is 2.00 bits per heavy atom. The maximum atomic E-state index is 10.3. The van der Waals surface area contributed by atoms with E-state index in [2.05, 4.69) is 13.8 Å². The second-order valence-electron chi connectivity index (χ2n) is 4.71. The second-order valence-corrected chi connectivity index (χ2v) is 4.71.